The van der Waals surface area contributed by atoms with Crippen molar-refractivity contribution in [3.8, 4) is 5.69 Å². The molecule has 1 unspecified atom stereocenters. The summed E-state index contributed by atoms with van der Waals surface area (Å²) in [6, 6.07) is 11.5. The van der Waals surface area contributed by atoms with E-state index >= 15 is 0 Å². The first-order valence-corrected chi connectivity index (χ1v) is 10.8. The summed E-state index contributed by atoms with van der Waals surface area (Å²) in [5.74, 6) is 0.0343. The van der Waals surface area contributed by atoms with Crippen LogP contribution < -0.4 is 0 Å². The van der Waals surface area contributed by atoms with Crippen LogP contribution in [-0.2, 0) is 16.8 Å². The van der Waals surface area contributed by atoms with Gasteiger partial charge >= 0.3 is 0 Å². The molecule has 30 heavy (non-hydrogen) atoms. The molecule has 1 N–H and O–H groups in total. The standard InChI is InChI=1S/C22H24BrN5O2/c1-16-13-17(23)6-7-19(16)28-15-20(25-26-28)22(30)8-4-11-27(12-9-22)21(29)14-18-5-2-3-10-24-18/h2-3,5-7,10,13,15,30H,4,8-9,11-12,14H2,1H3. The maximum Gasteiger partial charge on any atom is 0.228 e. The van der Waals surface area contributed by atoms with E-state index in [0.29, 0.717) is 38.0 Å². The number of halogens is 1. The van der Waals surface area contributed by atoms with Crippen molar-refractivity contribution in [2.24, 2.45) is 0 Å². The van der Waals surface area contributed by atoms with Crippen molar-refractivity contribution < 1.29 is 9.90 Å². The summed E-state index contributed by atoms with van der Waals surface area (Å²) < 4.78 is 2.70. The number of hydrogen-bond acceptors (Lipinski definition) is 5. The van der Waals surface area contributed by atoms with Crippen LogP contribution in [0.2, 0.25) is 0 Å². The second-order valence-corrected chi connectivity index (χ2v) is 8.66. The first kappa shape index (κ1) is 20.7. The molecule has 1 aliphatic heterocycles. The zero-order chi connectivity index (χ0) is 21.1. The van der Waals surface area contributed by atoms with Gasteiger partial charge in [0, 0.05) is 29.5 Å². The van der Waals surface area contributed by atoms with Gasteiger partial charge in [0.15, 0.2) is 0 Å². The fourth-order valence-electron chi connectivity index (χ4n) is 3.86. The van der Waals surface area contributed by atoms with Gasteiger partial charge in [-0.2, -0.15) is 0 Å². The third kappa shape index (κ3) is 4.44. The molecular weight excluding hydrogens is 446 g/mol. The number of aryl methyl sites for hydroxylation is 1. The summed E-state index contributed by atoms with van der Waals surface area (Å²) in [6.07, 6.45) is 5.44. The number of pyridine rings is 1. The minimum atomic E-state index is -1.10. The molecule has 7 nitrogen and oxygen atoms in total. The lowest BCUT2D eigenvalue weighted by Crippen LogP contribution is -2.35. The van der Waals surface area contributed by atoms with Crippen LogP contribution in [0.15, 0.2) is 53.3 Å². The lowest BCUT2D eigenvalue weighted by molar-refractivity contribution is -0.130. The Labute approximate surface area is 183 Å². The molecule has 1 fully saturated rings. The Morgan fingerprint density at radius 2 is 2.10 bits per heavy atom. The van der Waals surface area contributed by atoms with Crippen LogP contribution in [0.3, 0.4) is 0 Å². The second kappa shape index (κ2) is 8.65. The number of benzene rings is 1. The molecule has 0 aliphatic carbocycles. The van der Waals surface area contributed by atoms with Gasteiger partial charge < -0.3 is 10.0 Å². The highest BCUT2D eigenvalue weighted by Gasteiger charge is 2.36. The molecule has 1 aromatic carbocycles. The third-order valence-electron chi connectivity index (χ3n) is 5.60. The Balaban J connectivity index is 1.47. The summed E-state index contributed by atoms with van der Waals surface area (Å²) in [4.78, 5) is 18.7. The normalized spacial score (nSPS) is 19.5. The van der Waals surface area contributed by atoms with Gasteiger partial charge in [-0.1, -0.05) is 27.2 Å². The number of carbonyl (C=O) groups excluding carboxylic acids is 1. The van der Waals surface area contributed by atoms with Gasteiger partial charge in [0.1, 0.15) is 11.3 Å². The SMILES string of the molecule is Cc1cc(Br)ccc1-n1cc(C2(O)CCCN(C(=O)Cc3ccccn3)CC2)nn1. The van der Waals surface area contributed by atoms with Crippen LogP contribution in [0, 0.1) is 6.92 Å². The number of aromatic nitrogens is 4. The Bertz CT molecular complexity index is 1040. The van der Waals surface area contributed by atoms with E-state index in [1.165, 1.54) is 0 Å². The Hall–Kier alpha value is -2.58. The smallest absolute Gasteiger partial charge is 0.228 e. The van der Waals surface area contributed by atoms with Crippen LogP contribution in [0.4, 0.5) is 0 Å². The van der Waals surface area contributed by atoms with Crippen molar-refractivity contribution >= 4 is 21.8 Å². The molecule has 0 spiro atoms. The Kier molecular flexibility index (Phi) is 5.97. The summed E-state index contributed by atoms with van der Waals surface area (Å²) in [5, 5.41) is 19.8. The molecule has 4 rings (SSSR count). The predicted octanol–water partition coefficient (Wildman–Crippen LogP) is 3.18. The zero-order valence-corrected chi connectivity index (χ0v) is 18.4. The molecular formula is C22H24BrN5O2. The van der Waals surface area contributed by atoms with Crippen LogP contribution >= 0.6 is 15.9 Å². The lowest BCUT2D eigenvalue weighted by Gasteiger charge is -2.24. The number of likely N-dealkylation sites (tertiary alicyclic amines) is 1. The highest BCUT2D eigenvalue weighted by atomic mass is 79.9. The van der Waals surface area contributed by atoms with Gasteiger partial charge in [0.2, 0.25) is 5.91 Å². The van der Waals surface area contributed by atoms with E-state index in [9.17, 15) is 9.90 Å². The van der Waals surface area contributed by atoms with E-state index < -0.39 is 5.60 Å². The number of hydrogen-bond donors (Lipinski definition) is 1. The van der Waals surface area contributed by atoms with Crippen molar-refractivity contribution in [1.82, 2.24) is 24.9 Å². The number of carbonyl (C=O) groups is 1. The summed E-state index contributed by atoms with van der Waals surface area (Å²) in [7, 11) is 0. The second-order valence-electron chi connectivity index (χ2n) is 7.74. The highest BCUT2D eigenvalue weighted by Crippen LogP contribution is 2.32. The average Bonchev–Trinajstić information content (AvgIpc) is 3.13. The predicted molar refractivity (Wildman–Crippen MR) is 116 cm³/mol. The largest absolute Gasteiger partial charge is 0.383 e. The molecule has 8 heteroatoms. The topological polar surface area (TPSA) is 84.1 Å². The third-order valence-corrected chi connectivity index (χ3v) is 6.09. The molecule has 1 atom stereocenters. The van der Waals surface area contributed by atoms with Gasteiger partial charge in [-0.05, 0) is 62.1 Å². The molecule has 2 aromatic heterocycles. The monoisotopic (exact) mass is 469 g/mol. The van der Waals surface area contributed by atoms with Crippen molar-refractivity contribution in [1.29, 1.82) is 0 Å². The van der Waals surface area contributed by atoms with Crippen molar-refractivity contribution in [3.63, 3.8) is 0 Å². The van der Waals surface area contributed by atoms with E-state index in [1.54, 1.807) is 17.1 Å². The number of nitrogens with zero attached hydrogens (tertiary/aromatic N) is 5. The van der Waals surface area contributed by atoms with Gasteiger partial charge in [-0.3, -0.25) is 9.78 Å². The minimum absolute atomic E-state index is 0.0343. The van der Waals surface area contributed by atoms with Gasteiger partial charge in [0.05, 0.1) is 18.3 Å². The number of aliphatic hydroxyl groups is 1. The van der Waals surface area contributed by atoms with E-state index in [4.69, 9.17) is 0 Å². The van der Waals surface area contributed by atoms with Crippen LogP contribution in [0.1, 0.15) is 36.2 Å². The quantitative estimate of drug-likeness (QED) is 0.634. The number of amides is 1. The first-order valence-electron chi connectivity index (χ1n) is 10.0. The summed E-state index contributed by atoms with van der Waals surface area (Å²) in [6.45, 7) is 3.10. The minimum Gasteiger partial charge on any atom is -0.383 e. The maximum atomic E-state index is 12.7. The Morgan fingerprint density at radius 3 is 2.87 bits per heavy atom. The molecule has 156 valence electrons. The fraction of sp³-hybridized carbons (Fsp3) is 0.364. The fourth-order valence-corrected chi connectivity index (χ4v) is 4.34. The van der Waals surface area contributed by atoms with E-state index in [-0.39, 0.29) is 12.3 Å². The Morgan fingerprint density at radius 1 is 1.23 bits per heavy atom. The molecule has 3 aromatic rings. The molecule has 3 heterocycles. The van der Waals surface area contributed by atoms with Gasteiger partial charge in [0.25, 0.3) is 0 Å². The molecule has 1 saturated heterocycles. The van der Waals surface area contributed by atoms with E-state index in [1.807, 2.05) is 48.2 Å². The van der Waals surface area contributed by atoms with Crippen LogP contribution in [0.5, 0.6) is 0 Å². The highest BCUT2D eigenvalue weighted by molar-refractivity contribution is 9.10. The van der Waals surface area contributed by atoms with Crippen molar-refractivity contribution in [2.45, 2.75) is 38.2 Å². The van der Waals surface area contributed by atoms with E-state index in [0.717, 1.165) is 21.4 Å². The van der Waals surface area contributed by atoms with Crippen molar-refractivity contribution in [3.05, 3.63) is 70.2 Å². The average molecular weight is 470 g/mol. The number of rotatable bonds is 4. The molecule has 0 saturated carbocycles. The molecule has 0 bridgehead atoms. The van der Waals surface area contributed by atoms with Crippen molar-refractivity contribution in [2.75, 3.05) is 13.1 Å². The maximum absolute atomic E-state index is 12.7. The first-order chi connectivity index (χ1) is 14.4. The zero-order valence-electron chi connectivity index (χ0n) is 16.8. The summed E-state index contributed by atoms with van der Waals surface area (Å²) in [5.41, 5.74) is 2.18. The molecule has 0 radical (unpaired) electrons. The van der Waals surface area contributed by atoms with Crippen LogP contribution in [-0.4, -0.2) is 49.0 Å². The van der Waals surface area contributed by atoms with Gasteiger partial charge in [-0.25, -0.2) is 4.68 Å². The summed E-state index contributed by atoms with van der Waals surface area (Å²) >= 11 is 3.47. The van der Waals surface area contributed by atoms with Gasteiger partial charge in [-0.15, -0.1) is 5.10 Å². The molecule has 1 amide bonds. The lowest BCUT2D eigenvalue weighted by atomic mass is 9.92. The van der Waals surface area contributed by atoms with E-state index in [2.05, 4.69) is 31.2 Å². The van der Waals surface area contributed by atoms with Crippen LogP contribution in [0.25, 0.3) is 5.69 Å². The molecule has 1 aliphatic rings.